The number of carbonyl (C=O) groups is 2. The van der Waals surface area contributed by atoms with Crippen molar-refractivity contribution in [3.8, 4) is 0 Å². The second-order valence-electron chi connectivity index (χ2n) is 6.08. The number of aromatic nitrogens is 1. The predicted molar refractivity (Wildman–Crippen MR) is 108 cm³/mol. The zero-order chi connectivity index (χ0) is 18.8. The molecule has 2 amide bonds. The highest BCUT2D eigenvalue weighted by Crippen LogP contribution is 2.21. The normalized spacial score (nSPS) is 10.8. The minimum Gasteiger partial charge on any atom is -0.351 e. The summed E-state index contributed by atoms with van der Waals surface area (Å²) in [7, 11) is 1.59. The van der Waals surface area contributed by atoms with E-state index < -0.39 is 0 Å². The van der Waals surface area contributed by atoms with Crippen LogP contribution in [0.5, 0.6) is 0 Å². The van der Waals surface area contributed by atoms with Crippen molar-refractivity contribution in [1.29, 1.82) is 0 Å². The Morgan fingerprint density at radius 2 is 1.96 bits per heavy atom. The molecule has 3 rings (SSSR count). The topological polar surface area (TPSA) is 65.2 Å². The molecule has 7 heteroatoms. The summed E-state index contributed by atoms with van der Waals surface area (Å²) in [6.07, 6.45) is 0. The first-order valence-electron chi connectivity index (χ1n) is 7.93. The van der Waals surface area contributed by atoms with Crippen LogP contribution in [-0.2, 0) is 4.79 Å². The van der Waals surface area contributed by atoms with Crippen molar-refractivity contribution in [3.63, 3.8) is 0 Å². The van der Waals surface area contributed by atoms with Crippen LogP contribution in [0.4, 0.5) is 5.69 Å². The molecule has 0 radical (unpaired) electrons. The van der Waals surface area contributed by atoms with Gasteiger partial charge in [0, 0.05) is 33.1 Å². The van der Waals surface area contributed by atoms with E-state index in [9.17, 15) is 9.59 Å². The van der Waals surface area contributed by atoms with Gasteiger partial charge in [-0.05, 0) is 55.0 Å². The van der Waals surface area contributed by atoms with E-state index in [0.717, 1.165) is 26.6 Å². The van der Waals surface area contributed by atoms with Crippen molar-refractivity contribution >= 4 is 55.9 Å². The van der Waals surface area contributed by atoms with Gasteiger partial charge in [-0.3, -0.25) is 9.59 Å². The quantitative estimate of drug-likeness (QED) is 0.630. The molecule has 1 aromatic heterocycles. The van der Waals surface area contributed by atoms with Gasteiger partial charge in [0.15, 0.2) is 0 Å². The number of hydrogen-bond donors (Lipinski definition) is 2. The highest BCUT2D eigenvalue weighted by molar-refractivity contribution is 9.10. The molecule has 5 nitrogen and oxygen atoms in total. The van der Waals surface area contributed by atoms with E-state index in [1.54, 1.807) is 25.2 Å². The Bertz CT molecular complexity index is 1000. The Hall–Kier alpha value is -2.31. The molecule has 0 unspecified atom stereocenters. The summed E-state index contributed by atoms with van der Waals surface area (Å²) in [5, 5.41) is 4.28. The van der Waals surface area contributed by atoms with Crippen molar-refractivity contribution in [2.45, 2.75) is 6.92 Å². The largest absolute Gasteiger partial charge is 0.351 e. The molecular weight excluding hydrogens is 418 g/mol. The molecule has 134 valence electrons. The van der Waals surface area contributed by atoms with Gasteiger partial charge in [0.1, 0.15) is 5.69 Å². The Morgan fingerprint density at radius 1 is 1.19 bits per heavy atom. The number of rotatable bonds is 4. The maximum atomic E-state index is 12.6. The van der Waals surface area contributed by atoms with Crippen molar-refractivity contribution in [2.24, 2.45) is 0 Å². The molecule has 0 bridgehead atoms. The van der Waals surface area contributed by atoms with E-state index in [0.29, 0.717) is 10.7 Å². The molecule has 0 fully saturated rings. The second kappa shape index (κ2) is 7.51. The van der Waals surface area contributed by atoms with E-state index in [-0.39, 0.29) is 18.4 Å². The van der Waals surface area contributed by atoms with Gasteiger partial charge < -0.3 is 15.2 Å². The molecule has 3 aromatic rings. The lowest BCUT2D eigenvalue weighted by atomic mass is 10.2. The molecule has 0 saturated carbocycles. The second-order valence-corrected chi connectivity index (χ2v) is 7.44. The molecule has 1 heterocycles. The SMILES string of the molecule is Cc1cc(Br)ccc1NC(=O)CN(C)C(=O)c1cc2cc(Cl)ccc2[nH]1. The van der Waals surface area contributed by atoms with E-state index in [4.69, 9.17) is 11.6 Å². The average Bonchev–Trinajstić information content (AvgIpc) is 2.99. The van der Waals surface area contributed by atoms with Crippen LogP contribution in [0, 0.1) is 6.92 Å². The summed E-state index contributed by atoms with van der Waals surface area (Å²) < 4.78 is 0.944. The number of H-pyrrole nitrogens is 1. The van der Waals surface area contributed by atoms with Crippen molar-refractivity contribution in [1.82, 2.24) is 9.88 Å². The number of nitrogens with one attached hydrogen (secondary N) is 2. The van der Waals surface area contributed by atoms with E-state index in [1.165, 1.54) is 4.90 Å². The molecule has 2 N–H and O–H groups in total. The molecule has 0 saturated heterocycles. The first kappa shape index (κ1) is 18.5. The van der Waals surface area contributed by atoms with Crippen LogP contribution >= 0.6 is 27.5 Å². The summed E-state index contributed by atoms with van der Waals surface area (Å²) in [5.74, 6) is -0.523. The van der Waals surface area contributed by atoms with Crippen LogP contribution in [-0.4, -0.2) is 35.3 Å². The molecule has 2 aromatic carbocycles. The van der Waals surface area contributed by atoms with Crippen molar-refractivity contribution in [2.75, 3.05) is 18.9 Å². The van der Waals surface area contributed by atoms with Crippen LogP contribution in [0.2, 0.25) is 5.02 Å². The molecule has 0 aliphatic carbocycles. The molecule has 0 aliphatic rings. The zero-order valence-electron chi connectivity index (χ0n) is 14.3. The number of benzene rings is 2. The fraction of sp³-hybridized carbons (Fsp3) is 0.158. The lowest BCUT2D eigenvalue weighted by Crippen LogP contribution is -2.35. The van der Waals surface area contributed by atoms with Crippen LogP contribution in [0.3, 0.4) is 0 Å². The number of halogens is 2. The molecule has 0 aliphatic heterocycles. The monoisotopic (exact) mass is 433 g/mol. The summed E-state index contributed by atoms with van der Waals surface area (Å²) in [5.41, 5.74) is 2.90. The lowest BCUT2D eigenvalue weighted by Gasteiger charge is -2.16. The number of aromatic amines is 1. The Kier molecular flexibility index (Phi) is 5.34. The number of anilines is 1. The van der Waals surface area contributed by atoms with Crippen molar-refractivity contribution in [3.05, 3.63) is 63.2 Å². The van der Waals surface area contributed by atoms with Gasteiger partial charge in [-0.25, -0.2) is 0 Å². The van der Waals surface area contributed by atoms with E-state index >= 15 is 0 Å². The number of aryl methyl sites for hydroxylation is 1. The molecule has 26 heavy (non-hydrogen) atoms. The Balaban J connectivity index is 1.68. The molecule has 0 atom stereocenters. The molecular formula is C19H17BrClN3O2. The number of amides is 2. The highest BCUT2D eigenvalue weighted by Gasteiger charge is 2.17. The van der Waals surface area contributed by atoms with Gasteiger partial charge in [0.05, 0.1) is 6.54 Å². The third kappa shape index (κ3) is 4.08. The Morgan fingerprint density at radius 3 is 2.69 bits per heavy atom. The third-order valence-electron chi connectivity index (χ3n) is 4.00. The predicted octanol–water partition coefficient (Wildman–Crippen LogP) is 4.60. The summed E-state index contributed by atoms with van der Waals surface area (Å²) in [6.45, 7) is 1.86. The standard InChI is InChI=1S/C19H17BrClN3O2/c1-11-7-13(20)3-5-15(11)23-18(25)10-24(2)19(26)17-9-12-8-14(21)4-6-16(12)22-17/h3-9,22H,10H2,1-2H3,(H,23,25). The third-order valence-corrected chi connectivity index (χ3v) is 4.73. The average molecular weight is 435 g/mol. The first-order chi connectivity index (χ1) is 12.3. The fourth-order valence-corrected chi connectivity index (χ4v) is 3.32. The number of hydrogen-bond acceptors (Lipinski definition) is 2. The van der Waals surface area contributed by atoms with Gasteiger partial charge in [-0.15, -0.1) is 0 Å². The lowest BCUT2D eigenvalue weighted by molar-refractivity contribution is -0.116. The Labute approximate surface area is 164 Å². The van der Waals surface area contributed by atoms with E-state index in [2.05, 4.69) is 26.2 Å². The zero-order valence-corrected chi connectivity index (χ0v) is 16.6. The van der Waals surface area contributed by atoms with E-state index in [1.807, 2.05) is 31.2 Å². The van der Waals surface area contributed by atoms with Crippen LogP contribution in [0.1, 0.15) is 16.1 Å². The summed E-state index contributed by atoms with van der Waals surface area (Å²) in [4.78, 5) is 29.3. The van der Waals surface area contributed by atoms with Crippen LogP contribution in [0.15, 0.2) is 46.9 Å². The number of nitrogens with zero attached hydrogens (tertiary/aromatic N) is 1. The van der Waals surface area contributed by atoms with Gasteiger partial charge in [0.2, 0.25) is 5.91 Å². The smallest absolute Gasteiger partial charge is 0.270 e. The van der Waals surface area contributed by atoms with Gasteiger partial charge in [-0.2, -0.15) is 0 Å². The summed E-state index contributed by atoms with van der Waals surface area (Å²) in [6, 6.07) is 12.7. The fourth-order valence-electron chi connectivity index (χ4n) is 2.67. The number of fused-ring (bicyclic) bond motifs is 1. The minimum atomic E-state index is -0.264. The highest BCUT2D eigenvalue weighted by atomic mass is 79.9. The maximum Gasteiger partial charge on any atom is 0.270 e. The van der Waals surface area contributed by atoms with Gasteiger partial charge in [0.25, 0.3) is 5.91 Å². The van der Waals surface area contributed by atoms with Crippen molar-refractivity contribution < 1.29 is 9.59 Å². The molecule has 0 spiro atoms. The van der Waals surface area contributed by atoms with Crippen LogP contribution < -0.4 is 5.32 Å². The minimum absolute atomic E-state index is 0.0511. The number of likely N-dealkylation sites (N-methyl/N-ethyl adjacent to an activating group) is 1. The number of carbonyl (C=O) groups excluding carboxylic acids is 2. The van der Waals surface area contributed by atoms with Gasteiger partial charge >= 0.3 is 0 Å². The summed E-state index contributed by atoms with van der Waals surface area (Å²) >= 11 is 9.36. The maximum absolute atomic E-state index is 12.6. The first-order valence-corrected chi connectivity index (χ1v) is 9.10. The van der Waals surface area contributed by atoms with Crippen LogP contribution in [0.25, 0.3) is 10.9 Å². The van der Waals surface area contributed by atoms with Gasteiger partial charge in [-0.1, -0.05) is 27.5 Å².